The summed E-state index contributed by atoms with van der Waals surface area (Å²) in [4.78, 5) is 24.9. The first kappa shape index (κ1) is 10.7. The number of carbonyl (C=O) groups is 2. The molecule has 0 saturated carbocycles. The van der Waals surface area contributed by atoms with Crippen molar-refractivity contribution in [3.8, 4) is 0 Å². The molecule has 0 saturated heterocycles. The van der Waals surface area contributed by atoms with Gasteiger partial charge >= 0.3 is 5.97 Å². The van der Waals surface area contributed by atoms with E-state index in [-0.39, 0.29) is 18.3 Å². The first-order valence-electron chi connectivity index (χ1n) is 5.19. The molecule has 0 unspecified atom stereocenters. The highest BCUT2D eigenvalue weighted by Crippen LogP contribution is 2.31. The minimum Gasteiger partial charge on any atom is -0.465 e. The molecule has 2 rings (SSSR count). The monoisotopic (exact) mass is 219 g/mol. The largest absolute Gasteiger partial charge is 0.465 e. The predicted octanol–water partition coefficient (Wildman–Crippen LogP) is 1.38. The van der Waals surface area contributed by atoms with Gasteiger partial charge in [-0.2, -0.15) is 0 Å². The number of nitrogens with zero attached hydrogens (tertiary/aromatic N) is 1. The highest BCUT2D eigenvalue weighted by molar-refractivity contribution is 6.05. The standard InChI is InChI=1S/C12H13NO3/c1-3-13-10-6-4-5-8(12(15)16-2)9(10)7-11(13)14/h4-6H,3,7H2,1-2H3. The number of carbonyl (C=O) groups excluding carboxylic acids is 2. The Morgan fingerprint density at radius 1 is 1.50 bits per heavy atom. The van der Waals surface area contributed by atoms with Crippen LogP contribution in [0.15, 0.2) is 18.2 Å². The molecule has 84 valence electrons. The average Bonchev–Trinajstić information content (AvgIpc) is 2.63. The van der Waals surface area contributed by atoms with Gasteiger partial charge in [0.25, 0.3) is 0 Å². The minimum absolute atomic E-state index is 0.0360. The molecule has 4 nitrogen and oxygen atoms in total. The van der Waals surface area contributed by atoms with Gasteiger partial charge in [0.2, 0.25) is 5.91 Å². The Bertz CT molecular complexity index is 454. The van der Waals surface area contributed by atoms with Crippen molar-refractivity contribution >= 4 is 17.6 Å². The summed E-state index contributed by atoms with van der Waals surface area (Å²) in [5.41, 5.74) is 2.10. The molecular weight excluding hydrogens is 206 g/mol. The van der Waals surface area contributed by atoms with E-state index in [0.29, 0.717) is 12.1 Å². The van der Waals surface area contributed by atoms with Crippen LogP contribution < -0.4 is 4.90 Å². The molecular formula is C12H13NO3. The second kappa shape index (κ2) is 3.96. The first-order valence-corrected chi connectivity index (χ1v) is 5.19. The van der Waals surface area contributed by atoms with Gasteiger partial charge < -0.3 is 9.64 Å². The highest BCUT2D eigenvalue weighted by atomic mass is 16.5. The molecule has 16 heavy (non-hydrogen) atoms. The van der Waals surface area contributed by atoms with Crippen LogP contribution in [0.25, 0.3) is 0 Å². The van der Waals surface area contributed by atoms with Gasteiger partial charge in [-0.3, -0.25) is 4.79 Å². The average molecular weight is 219 g/mol. The third-order valence-corrected chi connectivity index (χ3v) is 2.79. The number of fused-ring (bicyclic) bond motifs is 1. The van der Waals surface area contributed by atoms with E-state index in [2.05, 4.69) is 0 Å². The van der Waals surface area contributed by atoms with Crippen molar-refractivity contribution in [2.24, 2.45) is 0 Å². The lowest BCUT2D eigenvalue weighted by molar-refractivity contribution is -0.117. The quantitative estimate of drug-likeness (QED) is 0.706. The van der Waals surface area contributed by atoms with Crippen molar-refractivity contribution in [3.63, 3.8) is 0 Å². The minimum atomic E-state index is -0.386. The Hall–Kier alpha value is -1.84. The van der Waals surface area contributed by atoms with Gasteiger partial charge in [-0.1, -0.05) is 6.07 Å². The van der Waals surface area contributed by atoms with Crippen LogP contribution in [-0.4, -0.2) is 25.5 Å². The summed E-state index contributed by atoms with van der Waals surface area (Å²) in [6.45, 7) is 2.54. The molecule has 0 radical (unpaired) electrons. The molecule has 1 amide bonds. The maximum atomic E-state index is 11.7. The number of methoxy groups -OCH3 is 1. The molecule has 4 heteroatoms. The molecule has 0 spiro atoms. The molecule has 0 N–H and O–H groups in total. The lowest BCUT2D eigenvalue weighted by Gasteiger charge is -2.14. The fourth-order valence-corrected chi connectivity index (χ4v) is 2.04. The number of hydrogen-bond donors (Lipinski definition) is 0. The molecule has 0 aromatic heterocycles. The summed E-state index contributed by atoms with van der Waals surface area (Å²) in [5.74, 6) is -0.351. The zero-order chi connectivity index (χ0) is 11.7. The topological polar surface area (TPSA) is 46.6 Å². The summed E-state index contributed by atoms with van der Waals surface area (Å²) < 4.78 is 4.70. The van der Waals surface area contributed by atoms with Gasteiger partial charge in [0, 0.05) is 12.2 Å². The van der Waals surface area contributed by atoms with E-state index in [1.54, 1.807) is 17.0 Å². The van der Waals surface area contributed by atoms with Crippen LogP contribution in [0.1, 0.15) is 22.8 Å². The second-order valence-corrected chi connectivity index (χ2v) is 3.61. The second-order valence-electron chi connectivity index (χ2n) is 3.61. The van der Waals surface area contributed by atoms with Crippen LogP contribution in [0.2, 0.25) is 0 Å². The van der Waals surface area contributed by atoms with Crippen LogP contribution >= 0.6 is 0 Å². The van der Waals surface area contributed by atoms with E-state index >= 15 is 0 Å². The van der Waals surface area contributed by atoms with Crippen LogP contribution in [-0.2, 0) is 16.0 Å². The molecule has 0 fully saturated rings. The zero-order valence-corrected chi connectivity index (χ0v) is 9.32. The van der Waals surface area contributed by atoms with Gasteiger partial charge in [-0.25, -0.2) is 4.79 Å². The van der Waals surface area contributed by atoms with Crippen LogP contribution in [0, 0.1) is 0 Å². The normalized spacial score (nSPS) is 13.9. The lowest BCUT2D eigenvalue weighted by Crippen LogP contribution is -2.25. The van der Waals surface area contributed by atoms with E-state index in [0.717, 1.165) is 11.3 Å². The smallest absolute Gasteiger partial charge is 0.338 e. The molecule has 1 aromatic carbocycles. The fourth-order valence-electron chi connectivity index (χ4n) is 2.04. The number of hydrogen-bond acceptors (Lipinski definition) is 3. The summed E-state index contributed by atoms with van der Waals surface area (Å²) in [6.07, 6.45) is 0.286. The van der Waals surface area contributed by atoms with Crippen LogP contribution in [0.5, 0.6) is 0 Å². The number of benzene rings is 1. The SMILES string of the molecule is CCN1C(=O)Cc2c(C(=O)OC)cccc21. The Balaban J connectivity index is 2.51. The van der Waals surface area contributed by atoms with Gasteiger partial charge in [-0.05, 0) is 24.6 Å². The third kappa shape index (κ3) is 1.46. The summed E-state index contributed by atoms with van der Waals surface area (Å²) in [7, 11) is 1.34. The Morgan fingerprint density at radius 3 is 2.88 bits per heavy atom. The molecule has 1 aromatic rings. The predicted molar refractivity (Wildman–Crippen MR) is 59.5 cm³/mol. The van der Waals surface area contributed by atoms with Crippen molar-refractivity contribution in [1.82, 2.24) is 0 Å². The third-order valence-electron chi connectivity index (χ3n) is 2.79. The fraction of sp³-hybridized carbons (Fsp3) is 0.333. The summed E-state index contributed by atoms with van der Waals surface area (Å²) in [5, 5.41) is 0. The van der Waals surface area contributed by atoms with Crippen molar-refractivity contribution < 1.29 is 14.3 Å². The Labute approximate surface area is 93.8 Å². The van der Waals surface area contributed by atoms with E-state index in [4.69, 9.17) is 4.74 Å². The summed E-state index contributed by atoms with van der Waals surface area (Å²) in [6, 6.07) is 5.32. The van der Waals surface area contributed by atoms with Crippen molar-refractivity contribution in [2.75, 3.05) is 18.6 Å². The molecule has 0 bridgehead atoms. The number of amides is 1. The molecule has 0 aliphatic carbocycles. The van der Waals surface area contributed by atoms with Gasteiger partial charge in [0.1, 0.15) is 0 Å². The van der Waals surface area contributed by atoms with Gasteiger partial charge in [0.15, 0.2) is 0 Å². The highest BCUT2D eigenvalue weighted by Gasteiger charge is 2.29. The zero-order valence-electron chi connectivity index (χ0n) is 9.32. The van der Waals surface area contributed by atoms with Gasteiger partial charge in [-0.15, -0.1) is 0 Å². The maximum absolute atomic E-state index is 11.7. The Morgan fingerprint density at radius 2 is 2.25 bits per heavy atom. The van der Waals surface area contributed by atoms with Crippen LogP contribution in [0.4, 0.5) is 5.69 Å². The summed E-state index contributed by atoms with van der Waals surface area (Å²) >= 11 is 0. The molecule has 1 aliphatic rings. The Kier molecular flexibility index (Phi) is 2.64. The van der Waals surface area contributed by atoms with Gasteiger partial charge in [0.05, 0.1) is 19.1 Å². The molecule has 1 aliphatic heterocycles. The lowest BCUT2D eigenvalue weighted by atomic mass is 10.1. The van der Waals surface area contributed by atoms with Crippen molar-refractivity contribution in [1.29, 1.82) is 0 Å². The molecule has 0 atom stereocenters. The molecule has 1 heterocycles. The van der Waals surface area contributed by atoms with E-state index in [1.807, 2.05) is 13.0 Å². The number of anilines is 1. The number of likely N-dealkylation sites (N-methyl/N-ethyl adjacent to an activating group) is 1. The first-order chi connectivity index (χ1) is 7.69. The number of esters is 1. The van der Waals surface area contributed by atoms with E-state index in [9.17, 15) is 9.59 Å². The van der Waals surface area contributed by atoms with E-state index < -0.39 is 0 Å². The van der Waals surface area contributed by atoms with E-state index in [1.165, 1.54) is 7.11 Å². The number of ether oxygens (including phenoxy) is 1. The van der Waals surface area contributed by atoms with Crippen molar-refractivity contribution in [3.05, 3.63) is 29.3 Å². The maximum Gasteiger partial charge on any atom is 0.338 e. The van der Waals surface area contributed by atoms with Crippen molar-refractivity contribution in [2.45, 2.75) is 13.3 Å². The van der Waals surface area contributed by atoms with Crippen LogP contribution in [0.3, 0.4) is 0 Å². The number of rotatable bonds is 2.